The van der Waals surface area contributed by atoms with Gasteiger partial charge in [0, 0.05) is 25.1 Å². The summed E-state index contributed by atoms with van der Waals surface area (Å²) in [7, 11) is -2.66. The van der Waals surface area contributed by atoms with Gasteiger partial charge in [0.25, 0.3) is 8.32 Å². The van der Waals surface area contributed by atoms with E-state index in [-0.39, 0.29) is 52.4 Å². The first-order valence-electron chi connectivity index (χ1n) is 22.2. The second-order valence-corrected chi connectivity index (χ2v) is 23.6. The highest BCUT2D eigenvalue weighted by molar-refractivity contribution is 8.00. The number of hydrogen-bond acceptors (Lipinski definition) is 8. The molecule has 2 aliphatic heterocycles. The third-order valence-corrected chi connectivity index (χ3v) is 17.9. The zero-order valence-electron chi connectivity index (χ0n) is 37.9. The lowest BCUT2D eigenvalue weighted by Gasteiger charge is -2.44. The average molecular weight is 865 g/mol. The lowest BCUT2D eigenvalue weighted by Crippen LogP contribution is -2.68. The van der Waals surface area contributed by atoms with Crippen LogP contribution < -0.4 is 42.3 Å². The van der Waals surface area contributed by atoms with E-state index in [0.29, 0.717) is 19.6 Å². The Hall–Kier alpha value is -3.88. The first-order valence-corrected chi connectivity index (χ1v) is 25.2. The molecule has 0 aromatic heterocycles. The predicted octanol–water partition coefficient (Wildman–Crippen LogP) is 3.73. The van der Waals surface area contributed by atoms with E-state index in [9.17, 15) is 19.2 Å². The number of nitrogens with zero attached hydrogens (tertiary/aromatic N) is 1. The molecule has 332 valence electrons. The summed E-state index contributed by atoms with van der Waals surface area (Å²) in [4.78, 5) is 53.4. The molecule has 12 nitrogen and oxygen atoms in total. The van der Waals surface area contributed by atoms with Crippen LogP contribution in [0.4, 0.5) is 0 Å². The second-order valence-electron chi connectivity index (χ2n) is 18.3. The number of carbonyl (C=O) groups is 4. The predicted molar refractivity (Wildman–Crippen MR) is 247 cm³/mol. The van der Waals surface area contributed by atoms with Gasteiger partial charge < -0.3 is 25.7 Å². The fourth-order valence-corrected chi connectivity index (χ4v) is 13.6. The summed E-state index contributed by atoms with van der Waals surface area (Å²) in [6.45, 7) is 23.2. The van der Waals surface area contributed by atoms with Crippen molar-refractivity contribution >= 4 is 60.0 Å². The zero-order valence-corrected chi connectivity index (χ0v) is 39.7. The van der Waals surface area contributed by atoms with Gasteiger partial charge in [-0.05, 0) is 39.6 Å². The van der Waals surface area contributed by atoms with Crippen LogP contribution in [0, 0.1) is 17.8 Å². The van der Waals surface area contributed by atoms with Crippen LogP contribution in [-0.2, 0) is 23.6 Å². The average Bonchev–Trinajstić information content (AvgIpc) is 3.22. The van der Waals surface area contributed by atoms with Crippen LogP contribution in [-0.4, -0.2) is 110 Å². The number of nitrogens with one attached hydrogen (secondary N) is 6. The molecule has 2 heterocycles. The number of hydrogen-bond donors (Lipinski definition) is 6. The van der Waals surface area contributed by atoms with E-state index in [1.54, 1.807) is 11.8 Å². The highest BCUT2D eigenvalue weighted by Crippen LogP contribution is 2.37. The fourth-order valence-electron chi connectivity index (χ4n) is 8.08. The Morgan fingerprint density at radius 3 is 1.80 bits per heavy atom. The molecule has 60 heavy (non-hydrogen) atoms. The standard InChI is InChI=1S/C46H73N7O5SSi/c1-11-25-47-42(55)39(31(3)4)51-43(56)40(32(5)6)52-44(57)41(33(7)12-2)50-38(54)30-59-29-35-24-27-53-26-23-34(48-45(53)49-35)28-58-60(46(8,9)10,36-19-15-13-16-20-36)37-21-17-14-18-22-37/h13-22,31-35,39-41H,11-12,23-30H2,1-10H3,(H5,47,48,49,50,51,52,54,55,56,57)/p+1/t33-,34+,35+,39-,40-,41-/m0/s1. The molecule has 0 aliphatic carbocycles. The van der Waals surface area contributed by atoms with Gasteiger partial charge in [-0.3, -0.25) is 34.4 Å². The van der Waals surface area contributed by atoms with Gasteiger partial charge in [-0.1, -0.05) is 136 Å². The van der Waals surface area contributed by atoms with Crippen LogP contribution in [0.25, 0.3) is 0 Å². The molecule has 0 bridgehead atoms. The third kappa shape index (κ3) is 12.8. The second kappa shape index (κ2) is 22.8. The Balaban J connectivity index is 1.32. The Kier molecular flexibility index (Phi) is 18.5. The third-order valence-electron chi connectivity index (χ3n) is 11.8. The van der Waals surface area contributed by atoms with Crippen molar-refractivity contribution in [1.82, 2.24) is 31.9 Å². The van der Waals surface area contributed by atoms with Crippen molar-refractivity contribution in [2.24, 2.45) is 17.8 Å². The smallest absolute Gasteiger partial charge is 0.346 e. The number of rotatable bonds is 21. The Bertz CT molecular complexity index is 1700. The molecule has 6 atom stereocenters. The molecule has 0 saturated heterocycles. The van der Waals surface area contributed by atoms with Crippen LogP contribution in [0.2, 0.25) is 5.04 Å². The first kappa shape index (κ1) is 48.8. The van der Waals surface area contributed by atoms with Crippen molar-refractivity contribution in [3.05, 3.63) is 60.7 Å². The van der Waals surface area contributed by atoms with E-state index in [2.05, 4.69) is 118 Å². The normalized spacial score (nSPS) is 18.9. The summed E-state index contributed by atoms with van der Waals surface area (Å²) in [5.41, 5.74) is 0. The lowest BCUT2D eigenvalue weighted by molar-refractivity contribution is -0.542. The SMILES string of the molecule is CCCNC(=O)[C@@H](NC(=O)[C@@H](NC(=O)[C@@H](NC(=O)CSC[C@H]1CC[N+]2=C(N[C@@H](CO[Si](c3ccccc3)(c3ccccc3)C(C)(C)C)CC2)N1)[C@@H](C)CC)C(C)C)C(C)C. The van der Waals surface area contributed by atoms with Crippen molar-refractivity contribution in [2.75, 3.05) is 37.7 Å². The van der Waals surface area contributed by atoms with Gasteiger partial charge in [0.2, 0.25) is 23.6 Å². The molecule has 14 heteroatoms. The van der Waals surface area contributed by atoms with Crippen LogP contribution in [0.15, 0.2) is 60.7 Å². The molecule has 0 fully saturated rings. The topological polar surface area (TPSA) is 153 Å². The summed E-state index contributed by atoms with van der Waals surface area (Å²) in [5.74, 6) is 0.119. The van der Waals surface area contributed by atoms with Crippen molar-refractivity contribution in [1.29, 1.82) is 0 Å². The summed E-state index contributed by atoms with van der Waals surface area (Å²) in [6, 6.07) is 19.4. The number of thioether (sulfide) groups is 1. The molecule has 0 saturated carbocycles. The molecular formula is C46H74N7O5SSi+. The highest BCUT2D eigenvalue weighted by atomic mass is 32.2. The van der Waals surface area contributed by atoms with Gasteiger partial charge in [0.1, 0.15) is 18.1 Å². The maximum atomic E-state index is 13.7. The molecule has 4 amide bonds. The maximum absolute atomic E-state index is 13.7. The van der Waals surface area contributed by atoms with Gasteiger partial charge in [-0.25, -0.2) is 0 Å². The fraction of sp³-hybridized carbons (Fsp3) is 0.630. The molecule has 0 unspecified atom stereocenters. The van der Waals surface area contributed by atoms with Crippen molar-refractivity contribution < 1.29 is 28.2 Å². The van der Waals surface area contributed by atoms with E-state index >= 15 is 0 Å². The van der Waals surface area contributed by atoms with Crippen molar-refractivity contribution in [3.8, 4) is 0 Å². The summed E-state index contributed by atoms with van der Waals surface area (Å²) >= 11 is 1.55. The van der Waals surface area contributed by atoms with Gasteiger partial charge in [0.15, 0.2) is 0 Å². The van der Waals surface area contributed by atoms with Crippen LogP contribution >= 0.6 is 11.8 Å². The molecular weight excluding hydrogens is 791 g/mol. The van der Waals surface area contributed by atoms with Crippen molar-refractivity contribution in [3.63, 3.8) is 0 Å². The highest BCUT2D eigenvalue weighted by Gasteiger charge is 2.51. The first-order chi connectivity index (χ1) is 28.5. The number of amides is 4. The van der Waals surface area contributed by atoms with Gasteiger partial charge in [-0.15, -0.1) is 11.8 Å². The minimum atomic E-state index is -2.66. The van der Waals surface area contributed by atoms with Crippen LogP contribution in [0.3, 0.4) is 0 Å². The van der Waals surface area contributed by atoms with Crippen LogP contribution in [0.5, 0.6) is 0 Å². The minimum absolute atomic E-state index is 0.0991. The lowest BCUT2D eigenvalue weighted by atomic mass is 9.96. The van der Waals surface area contributed by atoms with Gasteiger partial charge in [-0.2, -0.15) is 0 Å². The molecule has 6 N–H and O–H groups in total. The quantitative estimate of drug-likeness (QED) is 0.0822. The zero-order chi connectivity index (χ0) is 44.0. The van der Waals surface area contributed by atoms with Crippen LogP contribution in [0.1, 0.15) is 94.9 Å². The molecule has 2 aromatic carbocycles. The Morgan fingerprint density at radius 1 is 0.767 bits per heavy atom. The Morgan fingerprint density at radius 2 is 1.28 bits per heavy atom. The monoisotopic (exact) mass is 865 g/mol. The molecule has 2 aromatic rings. The summed E-state index contributed by atoms with van der Waals surface area (Å²) in [6.07, 6.45) is 3.38. The number of guanidine groups is 1. The maximum Gasteiger partial charge on any atom is 0.346 e. The number of carbonyl (C=O) groups excluding carboxylic acids is 4. The van der Waals surface area contributed by atoms with E-state index in [1.807, 2.05) is 48.5 Å². The van der Waals surface area contributed by atoms with E-state index in [0.717, 1.165) is 44.1 Å². The summed E-state index contributed by atoms with van der Waals surface area (Å²) in [5, 5.41) is 21.6. The minimum Gasteiger partial charge on any atom is -0.404 e. The van der Waals surface area contributed by atoms with E-state index < -0.39 is 38.3 Å². The van der Waals surface area contributed by atoms with Gasteiger partial charge in [0.05, 0.1) is 37.5 Å². The Labute approximate surface area is 365 Å². The molecule has 0 radical (unpaired) electrons. The van der Waals surface area contributed by atoms with Gasteiger partial charge >= 0.3 is 5.96 Å². The van der Waals surface area contributed by atoms with E-state index in [1.165, 1.54) is 10.4 Å². The number of benzene rings is 2. The van der Waals surface area contributed by atoms with Crippen molar-refractivity contribution in [2.45, 2.75) is 130 Å². The molecule has 2 aliphatic rings. The largest absolute Gasteiger partial charge is 0.404 e. The molecule has 0 spiro atoms. The molecule has 4 rings (SSSR count). The summed E-state index contributed by atoms with van der Waals surface area (Å²) < 4.78 is 9.64. The van der Waals surface area contributed by atoms with E-state index in [4.69, 9.17) is 4.43 Å².